The summed E-state index contributed by atoms with van der Waals surface area (Å²) < 4.78 is 36.7. The second-order valence-electron chi connectivity index (χ2n) is 5.98. The monoisotopic (exact) mass is 405 g/mol. The molecular formula is C19H23N3O5S. The Hall–Kier alpha value is -2.91. The summed E-state index contributed by atoms with van der Waals surface area (Å²) in [6, 6.07) is 11.9. The van der Waals surface area contributed by atoms with E-state index in [0.717, 1.165) is 15.4 Å². The van der Waals surface area contributed by atoms with Crippen LogP contribution in [0.3, 0.4) is 0 Å². The summed E-state index contributed by atoms with van der Waals surface area (Å²) in [7, 11) is 0.384. The molecule has 28 heavy (non-hydrogen) atoms. The number of nitrogens with zero attached hydrogens (tertiary/aromatic N) is 2. The van der Waals surface area contributed by atoms with Crippen molar-refractivity contribution in [1.29, 1.82) is 0 Å². The Bertz CT molecular complexity index is 956. The molecule has 0 bridgehead atoms. The summed E-state index contributed by atoms with van der Waals surface area (Å²) in [6.45, 7) is 1.39. The quantitative estimate of drug-likeness (QED) is 0.533. The van der Waals surface area contributed by atoms with E-state index < -0.39 is 15.9 Å². The van der Waals surface area contributed by atoms with Crippen LogP contribution in [-0.2, 0) is 14.8 Å². The number of hydrazone groups is 1. The molecule has 0 saturated carbocycles. The van der Waals surface area contributed by atoms with Gasteiger partial charge in [-0.2, -0.15) is 9.41 Å². The molecule has 0 atom stereocenters. The lowest BCUT2D eigenvalue weighted by molar-refractivity contribution is -0.121. The molecule has 150 valence electrons. The third-order valence-corrected chi connectivity index (χ3v) is 5.72. The van der Waals surface area contributed by atoms with Crippen molar-refractivity contribution in [3.8, 4) is 11.5 Å². The molecule has 0 aliphatic rings. The predicted molar refractivity (Wildman–Crippen MR) is 106 cm³/mol. The van der Waals surface area contributed by atoms with E-state index in [1.165, 1.54) is 26.4 Å². The number of carbonyl (C=O) groups excluding carboxylic acids is 1. The van der Waals surface area contributed by atoms with Gasteiger partial charge in [-0.3, -0.25) is 4.79 Å². The lowest BCUT2D eigenvalue weighted by Gasteiger charge is -2.18. The van der Waals surface area contributed by atoms with Gasteiger partial charge in [0.25, 0.3) is 5.91 Å². The number of ether oxygens (including phenoxy) is 2. The van der Waals surface area contributed by atoms with Crippen molar-refractivity contribution < 1.29 is 22.7 Å². The van der Waals surface area contributed by atoms with Gasteiger partial charge in [-0.15, -0.1) is 0 Å². The molecule has 0 aromatic heterocycles. The number of sulfonamides is 1. The van der Waals surface area contributed by atoms with Crippen LogP contribution in [0, 0.1) is 6.92 Å². The van der Waals surface area contributed by atoms with Crippen molar-refractivity contribution in [2.75, 3.05) is 27.8 Å². The Kier molecular flexibility index (Phi) is 7.13. The van der Waals surface area contributed by atoms with Crippen LogP contribution in [0.4, 0.5) is 0 Å². The van der Waals surface area contributed by atoms with Gasteiger partial charge >= 0.3 is 0 Å². The van der Waals surface area contributed by atoms with Gasteiger partial charge in [0.2, 0.25) is 10.0 Å². The van der Waals surface area contributed by atoms with E-state index in [1.807, 2.05) is 0 Å². The summed E-state index contributed by atoms with van der Waals surface area (Å²) in [5.41, 5.74) is 3.84. The molecule has 2 aromatic carbocycles. The topological polar surface area (TPSA) is 97.3 Å². The summed E-state index contributed by atoms with van der Waals surface area (Å²) in [5.74, 6) is 0.359. The molecular weight excluding hydrogens is 382 g/mol. The van der Waals surface area contributed by atoms with E-state index in [1.54, 1.807) is 50.4 Å². The molecule has 0 unspecified atom stereocenters. The van der Waals surface area contributed by atoms with Gasteiger partial charge in [0, 0.05) is 7.05 Å². The number of amides is 1. The highest BCUT2D eigenvalue weighted by Crippen LogP contribution is 2.27. The van der Waals surface area contributed by atoms with Gasteiger partial charge in [0.1, 0.15) is 16.4 Å². The highest BCUT2D eigenvalue weighted by Gasteiger charge is 2.26. The van der Waals surface area contributed by atoms with E-state index in [4.69, 9.17) is 9.47 Å². The van der Waals surface area contributed by atoms with Crippen molar-refractivity contribution in [2.24, 2.45) is 5.10 Å². The molecule has 0 heterocycles. The van der Waals surface area contributed by atoms with Crippen LogP contribution in [0.1, 0.15) is 11.1 Å². The standard InChI is InChI=1S/C19H23N3O5S/c1-14-5-10-17(27-4)18(11-14)28(24,25)22(2)13-19(23)21-20-12-15-6-8-16(26-3)9-7-15/h5-12H,13H2,1-4H3,(H,21,23)/b20-12+. The molecule has 2 rings (SSSR count). The van der Waals surface area contributed by atoms with Crippen LogP contribution in [0.5, 0.6) is 11.5 Å². The summed E-state index contributed by atoms with van der Waals surface area (Å²) >= 11 is 0. The van der Waals surface area contributed by atoms with E-state index in [0.29, 0.717) is 5.75 Å². The fraction of sp³-hybridized carbons (Fsp3) is 0.263. The van der Waals surface area contributed by atoms with E-state index in [-0.39, 0.29) is 17.2 Å². The molecule has 1 N–H and O–H groups in total. The Morgan fingerprint density at radius 1 is 1.14 bits per heavy atom. The minimum atomic E-state index is -3.90. The van der Waals surface area contributed by atoms with Crippen molar-refractivity contribution in [3.63, 3.8) is 0 Å². The molecule has 0 aliphatic carbocycles. The Labute approximate surface area is 164 Å². The van der Waals surface area contributed by atoms with Gasteiger partial charge in [0.05, 0.1) is 27.0 Å². The van der Waals surface area contributed by atoms with Crippen LogP contribution >= 0.6 is 0 Å². The molecule has 0 aliphatic heterocycles. The SMILES string of the molecule is COc1ccc(/C=N/NC(=O)CN(C)S(=O)(=O)c2cc(C)ccc2OC)cc1. The van der Waals surface area contributed by atoms with E-state index in [9.17, 15) is 13.2 Å². The predicted octanol–water partition coefficient (Wildman–Crippen LogP) is 1.78. The number of hydrogen-bond acceptors (Lipinski definition) is 6. The molecule has 2 aromatic rings. The fourth-order valence-corrected chi connectivity index (χ4v) is 3.71. The number of likely N-dealkylation sites (N-methyl/N-ethyl adjacent to an activating group) is 1. The van der Waals surface area contributed by atoms with E-state index >= 15 is 0 Å². The van der Waals surface area contributed by atoms with Crippen LogP contribution in [0.25, 0.3) is 0 Å². The second-order valence-corrected chi connectivity index (χ2v) is 8.00. The van der Waals surface area contributed by atoms with Crippen molar-refractivity contribution >= 4 is 22.1 Å². The highest BCUT2D eigenvalue weighted by atomic mass is 32.2. The molecule has 0 radical (unpaired) electrons. The summed E-state index contributed by atoms with van der Waals surface area (Å²) in [5, 5.41) is 3.84. The first-order chi connectivity index (χ1) is 13.3. The van der Waals surface area contributed by atoms with Gasteiger partial charge in [-0.25, -0.2) is 13.8 Å². The van der Waals surface area contributed by atoms with Gasteiger partial charge in [-0.05, 0) is 54.4 Å². The minimum absolute atomic E-state index is 0.00651. The number of carbonyl (C=O) groups is 1. The molecule has 0 fully saturated rings. The number of hydrogen-bond donors (Lipinski definition) is 1. The lowest BCUT2D eigenvalue weighted by Crippen LogP contribution is -2.36. The third-order valence-electron chi connectivity index (χ3n) is 3.89. The fourth-order valence-electron chi connectivity index (χ4n) is 2.34. The van der Waals surface area contributed by atoms with Crippen LogP contribution in [0.15, 0.2) is 52.5 Å². The van der Waals surface area contributed by atoms with Crippen LogP contribution < -0.4 is 14.9 Å². The number of benzene rings is 2. The van der Waals surface area contributed by atoms with E-state index in [2.05, 4.69) is 10.5 Å². The molecule has 9 heteroatoms. The minimum Gasteiger partial charge on any atom is -0.497 e. The smallest absolute Gasteiger partial charge is 0.255 e. The first-order valence-electron chi connectivity index (χ1n) is 8.35. The number of methoxy groups -OCH3 is 2. The molecule has 1 amide bonds. The maximum Gasteiger partial charge on any atom is 0.255 e. The molecule has 0 spiro atoms. The van der Waals surface area contributed by atoms with Crippen LogP contribution in [0.2, 0.25) is 0 Å². The maximum absolute atomic E-state index is 12.8. The zero-order chi connectivity index (χ0) is 20.7. The summed E-state index contributed by atoms with van der Waals surface area (Å²) in [4.78, 5) is 12.1. The van der Waals surface area contributed by atoms with Gasteiger partial charge < -0.3 is 9.47 Å². The molecule has 8 nitrogen and oxygen atoms in total. The zero-order valence-corrected chi connectivity index (χ0v) is 17.0. The van der Waals surface area contributed by atoms with Gasteiger partial charge in [-0.1, -0.05) is 6.07 Å². The largest absolute Gasteiger partial charge is 0.497 e. The Balaban J connectivity index is 2.02. The average Bonchev–Trinajstić information content (AvgIpc) is 2.68. The molecule has 0 saturated heterocycles. The normalized spacial score (nSPS) is 11.6. The maximum atomic E-state index is 12.8. The van der Waals surface area contributed by atoms with Crippen molar-refractivity contribution in [3.05, 3.63) is 53.6 Å². The third kappa shape index (κ3) is 5.30. The first-order valence-corrected chi connectivity index (χ1v) is 9.79. The first kappa shape index (κ1) is 21.4. The van der Waals surface area contributed by atoms with Crippen molar-refractivity contribution in [2.45, 2.75) is 11.8 Å². The lowest BCUT2D eigenvalue weighted by atomic mass is 10.2. The highest BCUT2D eigenvalue weighted by molar-refractivity contribution is 7.89. The van der Waals surface area contributed by atoms with Gasteiger partial charge in [0.15, 0.2) is 0 Å². The number of aryl methyl sites for hydroxylation is 1. The number of rotatable bonds is 8. The Morgan fingerprint density at radius 2 is 1.82 bits per heavy atom. The Morgan fingerprint density at radius 3 is 2.43 bits per heavy atom. The van der Waals surface area contributed by atoms with Crippen LogP contribution in [-0.4, -0.2) is 52.7 Å². The zero-order valence-electron chi connectivity index (χ0n) is 16.2. The number of nitrogens with one attached hydrogen (secondary N) is 1. The van der Waals surface area contributed by atoms with Crippen molar-refractivity contribution in [1.82, 2.24) is 9.73 Å². The average molecular weight is 405 g/mol. The second kappa shape index (κ2) is 9.34. The summed E-state index contributed by atoms with van der Waals surface area (Å²) in [6.07, 6.45) is 1.45.